The summed E-state index contributed by atoms with van der Waals surface area (Å²) >= 11 is 0. The molecule has 0 spiro atoms. The highest BCUT2D eigenvalue weighted by Crippen LogP contribution is 2.14. The molecule has 0 aromatic carbocycles. The lowest BCUT2D eigenvalue weighted by molar-refractivity contribution is -0.889. The third-order valence-electron chi connectivity index (χ3n) is 9.10. The van der Waals surface area contributed by atoms with Crippen molar-refractivity contribution in [3.8, 4) is 0 Å². The predicted octanol–water partition coefficient (Wildman–Crippen LogP) is 9.19. The third-order valence-corrected chi connectivity index (χ3v) is 9.10. The van der Waals surface area contributed by atoms with E-state index in [0.717, 1.165) is 57.8 Å². The number of carbonyl (C=O) groups excluding carboxylic acids is 3. The van der Waals surface area contributed by atoms with Crippen molar-refractivity contribution in [2.45, 2.75) is 187 Å². The fourth-order valence-corrected chi connectivity index (χ4v) is 5.93. The summed E-state index contributed by atoms with van der Waals surface area (Å²) in [6.07, 6.45) is 34.8. The number of carboxylic acid groups (broad SMARTS) is 1. The molecule has 0 aliphatic rings. The van der Waals surface area contributed by atoms with Gasteiger partial charge in [0, 0.05) is 19.3 Å². The first kappa shape index (κ1) is 47.8. The number of nitrogens with zero attached hydrogens (tertiary/aromatic N) is 1. The molecule has 0 heterocycles. The number of ether oxygens (including phenoxy) is 3. The van der Waals surface area contributed by atoms with Gasteiger partial charge in [0.2, 0.25) is 0 Å². The smallest absolute Gasteiger partial charge is 0.306 e. The fraction of sp³-hybridized carbons (Fsp3) is 0.833. The van der Waals surface area contributed by atoms with Crippen LogP contribution in [-0.4, -0.2) is 75.5 Å². The number of hydrogen-bond acceptors (Lipinski definition) is 7. The van der Waals surface area contributed by atoms with Gasteiger partial charge in [-0.25, -0.2) is 0 Å². The first-order valence-electron chi connectivity index (χ1n) is 20.4. The van der Waals surface area contributed by atoms with Gasteiger partial charge in [0.15, 0.2) is 6.10 Å². The Balaban J connectivity index is 4.39. The Kier molecular flexibility index (Phi) is 32.4. The molecular weight excluding hydrogens is 630 g/mol. The molecule has 0 amide bonds. The van der Waals surface area contributed by atoms with Gasteiger partial charge in [-0.1, -0.05) is 141 Å². The standard InChI is InChI=1S/C42H77NO7/c1-6-8-10-12-14-16-18-20-21-23-25-27-29-31-33-41(45)50-38(36-48-35-34-39(42(46)47)43(3,4)5)37-49-40(44)32-30-28-26-24-22-19-17-15-13-11-9-7-2/h8,10,14,16,38-39H,6-7,9,11-13,15,17-37H2,1-5H3/b10-8+,16-14+. The van der Waals surface area contributed by atoms with E-state index in [1.165, 1.54) is 83.5 Å². The summed E-state index contributed by atoms with van der Waals surface area (Å²) in [4.78, 5) is 36.7. The molecular formula is C42H77NO7. The number of aliphatic carboxylic acids is 1. The molecule has 0 aliphatic heterocycles. The fourth-order valence-electron chi connectivity index (χ4n) is 5.93. The van der Waals surface area contributed by atoms with E-state index >= 15 is 0 Å². The van der Waals surface area contributed by atoms with Crippen molar-refractivity contribution in [3.63, 3.8) is 0 Å². The molecule has 8 nitrogen and oxygen atoms in total. The minimum Gasteiger partial charge on any atom is -0.544 e. The second-order valence-electron chi connectivity index (χ2n) is 14.8. The highest BCUT2D eigenvalue weighted by molar-refractivity contribution is 5.70. The van der Waals surface area contributed by atoms with Gasteiger partial charge in [-0.15, -0.1) is 0 Å². The van der Waals surface area contributed by atoms with Crippen molar-refractivity contribution in [2.75, 3.05) is 41.0 Å². The van der Waals surface area contributed by atoms with Crippen LogP contribution in [-0.2, 0) is 28.6 Å². The zero-order chi connectivity index (χ0) is 37.1. The number of rotatable bonds is 36. The lowest BCUT2D eigenvalue weighted by Gasteiger charge is -2.34. The Hall–Kier alpha value is -2.19. The van der Waals surface area contributed by atoms with E-state index in [2.05, 4.69) is 38.2 Å². The summed E-state index contributed by atoms with van der Waals surface area (Å²) in [7, 11) is 5.40. The topological polar surface area (TPSA) is 102 Å². The highest BCUT2D eigenvalue weighted by Gasteiger charge is 2.25. The summed E-state index contributed by atoms with van der Waals surface area (Å²) in [5.41, 5.74) is 0. The molecule has 50 heavy (non-hydrogen) atoms. The first-order chi connectivity index (χ1) is 24.1. The van der Waals surface area contributed by atoms with E-state index in [1.54, 1.807) is 21.1 Å². The predicted molar refractivity (Wildman–Crippen MR) is 204 cm³/mol. The Morgan fingerprint density at radius 1 is 0.620 bits per heavy atom. The third kappa shape index (κ3) is 31.8. The van der Waals surface area contributed by atoms with Crippen LogP contribution in [0.3, 0.4) is 0 Å². The van der Waals surface area contributed by atoms with Crippen LogP contribution in [0.5, 0.6) is 0 Å². The van der Waals surface area contributed by atoms with Gasteiger partial charge in [-0.2, -0.15) is 0 Å². The van der Waals surface area contributed by atoms with E-state index in [9.17, 15) is 19.5 Å². The summed E-state index contributed by atoms with van der Waals surface area (Å²) in [6.45, 7) is 4.54. The molecule has 0 saturated heterocycles. The van der Waals surface area contributed by atoms with E-state index in [4.69, 9.17) is 14.2 Å². The Bertz CT molecular complexity index is 880. The monoisotopic (exact) mass is 708 g/mol. The van der Waals surface area contributed by atoms with Gasteiger partial charge in [-0.3, -0.25) is 9.59 Å². The number of allylic oxidation sites excluding steroid dienone is 4. The SMILES string of the molecule is CC/C=C/C/C=C/CCCCCCCCCC(=O)OC(COCCC(C(=O)[O-])[N+](C)(C)C)COC(=O)CCCCCCCCCCCCCC. The van der Waals surface area contributed by atoms with E-state index in [0.29, 0.717) is 12.8 Å². The van der Waals surface area contributed by atoms with Crippen LogP contribution >= 0.6 is 0 Å². The van der Waals surface area contributed by atoms with E-state index in [1.807, 2.05) is 0 Å². The van der Waals surface area contributed by atoms with Crippen LogP contribution in [0.4, 0.5) is 0 Å². The molecule has 0 N–H and O–H groups in total. The van der Waals surface area contributed by atoms with Gasteiger partial charge < -0.3 is 28.6 Å². The number of esters is 2. The number of quaternary nitrogens is 1. The van der Waals surface area contributed by atoms with Crippen LogP contribution in [0.25, 0.3) is 0 Å². The summed E-state index contributed by atoms with van der Waals surface area (Å²) in [5, 5.41) is 11.6. The van der Waals surface area contributed by atoms with Gasteiger partial charge in [-0.05, 0) is 38.5 Å². The lowest BCUT2D eigenvalue weighted by Crippen LogP contribution is -2.55. The van der Waals surface area contributed by atoms with Crippen molar-refractivity contribution in [1.29, 1.82) is 0 Å². The molecule has 0 aromatic heterocycles. The Morgan fingerprint density at radius 3 is 1.64 bits per heavy atom. The highest BCUT2D eigenvalue weighted by atomic mass is 16.6. The molecule has 8 heteroatoms. The maximum absolute atomic E-state index is 12.7. The number of carboxylic acids is 1. The second-order valence-corrected chi connectivity index (χ2v) is 14.8. The van der Waals surface area contributed by atoms with Crippen molar-refractivity contribution in [3.05, 3.63) is 24.3 Å². The molecule has 0 aliphatic carbocycles. The second kappa shape index (κ2) is 33.9. The molecule has 292 valence electrons. The first-order valence-corrected chi connectivity index (χ1v) is 20.4. The number of hydrogen-bond donors (Lipinski definition) is 0. The van der Waals surface area contributed by atoms with Crippen LogP contribution in [0.15, 0.2) is 24.3 Å². The van der Waals surface area contributed by atoms with Gasteiger partial charge >= 0.3 is 11.9 Å². The van der Waals surface area contributed by atoms with Gasteiger partial charge in [0.1, 0.15) is 12.6 Å². The van der Waals surface area contributed by atoms with Gasteiger partial charge in [0.25, 0.3) is 0 Å². The molecule has 0 radical (unpaired) electrons. The molecule has 0 saturated carbocycles. The Morgan fingerprint density at radius 2 is 1.12 bits per heavy atom. The minimum absolute atomic E-state index is 0.0408. The number of likely N-dealkylation sites (N-methyl/N-ethyl adjacent to an activating group) is 1. The lowest BCUT2D eigenvalue weighted by atomic mass is 10.0. The maximum atomic E-state index is 12.7. The van der Waals surface area contributed by atoms with E-state index in [-0.39, 0.29) is 42.7 Å². The summed E-state index contributed by atoms with van der Waals surface area (Å²) < 4.78 is 17.1. The zero-order valence-electron chi connectivity index (χ0n) is 33.1. The molecule has 0 rings (SSSR count). The molecule has 0 aromatic rings. The van der Waals surface area contributed by atoms with Crippen molar-refractivity contribution in [2.24, 2.45) is 0 Å². The normalized spacial score (nSPS) is 13.2. The summed E-state index contributed by atoms with van der Waals surface area (Å²) in [6, 6.07) is -0.723. The van der Waals surface area contributed by atoms with Crippen LogP contribution < -0.4 is 5.11 Å². The molecule has 0 fully saturated rings. The largest absolute Gasteiger partial charge is 0.544 e. The minimum atomic E-state index is -1.13. The van der Waals surface area contributed by atoms with Crippen LogP contribution in [0, 0.1) is 0 Å². The van der Waals surface area contributed by atoms with Crippen LogP contribution in [0.2, 0.25) is 0 Å². The van der Waals surface area contributed by atoms with E-state index < -0.39 is 18.1 Å². The summed E-state index contributed by atoms with van der Waals surface area (Å²) in [5.74, 6) is -1.74. The molecule has 2 unspecified atom stereocenters. The van der Waals surface area contributed by atoms with Crippen molar-refractivity contribution >= 4 is 17.9 Å². The van der Waals surface area contributed by atoms with Crippen LogP contribution in [0.1, 0.15) is 174 Å². The average molecular weight is 708 g/mol. The van der Waals surface area contributed by atoms with Gasteiger partial charge in [0.05, 0.1) is 40.3 Å². The van der Waals surface area contributed by atoms with Crippen molar-refractivity contribution < 1.29 is 38.2 Å². The molecule has 2 atom stereocenters. The quantitative estimate of drug-likeness (QED) is 0.0277. The number of carbonyl (C=O) groups is 3. The maximum Gasteiger partial charge on any atom is 0.306 e. The average Bonchev–Trinajstić information content (AvgIpc) is 3.06. The Labute approximate surface area is 307 Å². The number of unbranched alkanes of at least 4 members (excludes halogenated alkanes) is 18. The zero-order valence-corrected chi connectivity index (χ0v) is 33.1. The molecule has 0 bridgehead atoms. The van der Waals surface area contributed by atoms with Crippen molar-refractivity contribution in [1.82, 2.24) is 0 Å².